The Labute approximate surface area is 270 Å². The van der Waals surface area contributed by atoms with E-state index in [0.717, 1.165) is 48.8 Å². The van der Waals surface area contributed by atoms with Crippen LogP contribution in [-0.2, 0) is 16.2 Å². The number of anilines is 1. The van der Waals surface area contributed by atoms with Gasteiger partial charge in [0.15, 0.2) is 0 Å². The molecule has 0 radical (unpaired) electrons. The van der Waals surface area contributed by atoms with Crippen LogP contribution in [0.15, 0.2) is 94.7 Å². The monoisotopic (exact) mass is 626 g/mol. The van der Waals surface area contributed by atoms with E-state index in [0.29, 0.717) is 17.9 Å². The number of carboxylic acid groups (broad SMARTS) is 1. The summed E-state index contributed by atoms with van der Waals surface area (Å²) < 4.78 is 12.9. The lowest BCUT2D eigenvalue weighted by Crippen LogP contribution is -2.51. The SMILES string of the molecule is CNC(=O)O.N#CC(c1ccccc1)(C1CCCC1)C1CCN(C2CCN(c3ccc(S(=O)c4ccccc4)cc3)CC2)CC1. The number of nitriles is 1. The van der Waals surface area contributed by atoms with Crippen molar-refractivity contribution in [1.29, 1.82) is 5.26 Å². The molecule has 3 aromatic carbocycles. The maximum atomic E-state index is 12.9. The smallest absolute Gasteiger partial charge is 0.404 e. The molecule has 3 fully saturated rings. The highest BCUT2D eigenvalue weighted by Crippen LogP contribution is 2.50. The Morgan fingerprint density at radius 1 is 0.800 bits per heavy atom. The van der Waals surface area contributed by atoms with Crippen molar-refractivity contribution in [3.63, 3.8) is 0 Å². The Balaban J connectivity index is 0.000000743. The Bertz CT molecular complexity index is 1420. The molecule has 1 amide bonds. The second-order valence-electron chi connectivity index (χ2n) is 12.5. The van der Waals surface area contributed by atoms with Crippen molar-refractivity contribution in [3.05, 3.63) is 90.5 Å². The molecule has 238 valence electrons. The van der Waals surface area contributed by atoms with Crippen LogP contribution in [0.4, 0.5) is 10.5 Å². The van der Waals surface area contributed by atoms with Crippen molar-refractivity contribution in [2.45, 2.75) is 72.6 Å². The van der Waals surface area contributed by atoms with Gasteiger partial charge in [0.2, 0.25) is 0 Å². The fourth-order valence-electron chi connectivity index (χ4n) is 7.82. The lowest BCUT2D eigenvalue weighted by molar-refractivity contribution is 0.0795. The summed E-state index contributed by atoms with van der Waals surface area (Å²) in [7, 11) is 0.211. The fraction of sp³-hybridized carbons (Fsp3) is 0.459. The number of nitrogens with one attached hydrogen (secondary N) is 1. The van der Waals surface area contributed by atoms with Gasteiger partial charge in [-0.1, -0.05) is 61.4 Å². The average molecular weight is 627 g/mol. The van der Waals surface area contributed by atoms with E-state index in [1.165, 1.54) is 56.8 Å². The summed E-state index contributed by atoms with van der Waals surface area (Å²) in [5.41, 5.74) is 2.16. The third kappa shape index (κ3) is 7.59. The zero-order chi connectivity index (χ0) is 31.6. The minimum absolute atomic E-state index is 0.330. The minimum Gasteiger partial charge on any atom is -0.465 e. The van der Waals surface area contributed by atoms with E-state index in [1.54, 1.807) is 0 Å². The lowest BCUT2D eigenvalue weighted by atomic mass is 9.60. The van der Waals surface area contributed by atoms with Crippen LogP contribution < -0.4 is 10.2 Å². The standard InChI is InChI=1S/C35H41N3OS.C2H5NO2/c36-27-35(29-11-7-8-12-29,28-9-3-1-4-10-28)30-19-23-37(24-20-30)32-21-25-38(26-22-32)31-15-17-34(18-16-31)40(39)33-13-5-2-6-14-33;1-3-2(4)5/h1-6,9-10,13-18,29-30,32H,7-8,11-12,19-26H2;3H,1H3,(H,4,5). The molecule has 2 atom stereocenters. The first-order valence-electron chi connectivity index (χ1n) is 16.4. The number of carbonyl (C=O) groups is 1. The molecule has 1 aliphatic carbocycles. The van der Waals surface area contributed by atoms with Crippen LogP contribution in [0.1, 0.15) is 56.9 Å². The summed E-state index contributed by atoms with van der Waals surface area (Å²) in [5, 5.41) is 20.3. The normalized spacial score (nSPS) is 20.3. The Morgan fingerprint density at radius 2 is 1.31 bits per heavy atom. The second kappa shape index (κ2) is 15.6. The molecule has 45 heavy (non-hydrogen) atoms. The van der Waals surface area contributed by atoms with E-state index in [-0.39, 0.29) is 5.41 Å². The number of amides is 1. The first-order valence-corrected chi connectivity index (χ1v) is 17.5. The zero-order valence-electron chi connectivity index (χ0n) is 26.3. The topological polar surface area (TPSA) is 96.7 Å². The van der Waals surface area contributed by atoms with Crippen molar-refractivity contribution in [1.82, 2.24) is 10.2 Å². The Morgan fingerprint density at radius 3 is 1.84 bits per heavy atom. The molecular formula is C37H46N4O3S. The first-order chi connectivity index (χ1) is 22.0. The van der Waals surface area contributed by atoms with Crippen LogP contribution in [0.2, 0.25) is 0 Å². The van der Waals surface area contributed by atoms with Gasteiger partial charge in [-0.05, 0) is 105 Å². The predicted octanol–water partition coefficient (Wildman–Crippen LogP) is 7.07. The molecule has 6 rings (SSSR count). The summed E-state index contributed by atoms with van der Waals surface area (Å²) >= 11 is 0. The third-order valence-electron chi connectivity index (χ3n) is 10.2. The molecule has 2 aliphatic heterocycles. The van der Waals surface area contributed by atoms with Gasteiger partial charge in [0.1, 0.15) is 0 Å². The number of benzene rings is 3. The van der Waals surface area contributed by atoms with Gasteiger partial charge < -0.3 is 20.2 Å². The van der Waals surface area contributed by atoms with Crippen LogP contribution in [0.3, 0.4) is 0 Å². The van der Waals surface area contributed by atoms with Crippen LogP contribution in [0.5, 0.6) is 0 Å². The Hall–Kier alpha value is -3.67. The van der Waals surface area contributed by atoms with Crippen LogP contribution in [-0.4, -0.2) is 59.6 Å². The first kappa shape index (κ1) is 32.7. The zero-order valence-corrected chi connectivity index (χ0v) is 27.1. The van der Waals surface area contributed by atoms with Crippen molar-refractivity contribution in [2.24, 2.45) is 11.8 Å². The highest BCUT2D eigenvalue weighted by molar-refractivity contribution is 7.85. The number of piperidine rings is 2. The van der Waals surface area contributed by atoms with Crippen molar-refractivity contribution < 1.29 is 14.1 Å². The molecule has 0 bridgehead atoms. The van der Waals surface area contributed by atoms with E-state index in [9.17, 15) is 14.3 Å². The third-order valence-corrected chi connectivity index (χ3v) is 11.6. The number of hydrogen-bond acceptors (Lipinski definition) is 5. The number of likely N-dealkylation sites (tertiary alicyclic amines) is 1. The van der Waals surface area contributed by atoms with Crippen molar-refractivity contribution >= 4 is 22.6 Å². The molecule has 2 unspecified atom stereocenters. The molecule has 2 saturated heterocycles. The molecule has 2 N–H and O–H groups in total. The molecular weight excluding hydrogens is 580 g/mol. The molecule has 3 aromatic rings. The van der Waals surface area contributed by atoms with Gasteiger partial charge in [-0.3, -0.25) is 0 Å². The minimum atomic E-state index is -1.14. The summed E-state index contributed by atoms with van der Waals surface area (Å²) in [6, 6.07) is 32.3. The maximum absolute atomic E-state index is 12.9. The van der Waals surface area contributed by atoms with E-state index in [2.05, 4.69) is 58.3 Å². The van der Waals surface area contributed by atoms with Crippen molar-refractivity contribution in [3.8, 4) is 6.07 Å². The summed E-state index contributed by atoms with van der Waals surface area (Å²) in [6.45, 7) is 4.33. The van der Waals surface area contributed by atoms with Crippen LogP contribution >= 0.6 is 0 Å². The molecule has 3 aliphatic rings. The fourth-order valence-corrected chi connectivity index (χ4v) is 8.88. The molecule has 1 saturated carbocycles. The van der Waals surface area contributed by atoms with Gasteiger partial charge in [0.05, 0.1) is 22.3 Å². The predicted molar refractivity (Wildman–Crippen MR) is 180 cm³/mol. The quantitative estimate of drug-likeness (QED) is 0.291. The average Bonchev–Trinajstić information content (AvgIpc) is 3.66. The number of nitrogens with zero attached hydrogens (tertiary/aromatic N) is 3. The van der Waals surface area contributed by atoms with Crippen LogP contribution in [0, 0.1) is 23.2 Å². The summed E-state index contributed by atoms with van der Waals surface area (Å²) in [4.78, 5) is 16.2. The van der Waals surface area contributed by atoms with Gasteiger partial charge in [-0.15, -0.1) is 0 Å². The van der Waals surface area contributed by atoms with E-state index in [4.69, 9.17) is 5.11 Å². The van der Waals surface area contributed by atoms with Crippen LogP contribution in [0.25, 0.3) is 0 Å². The maximum Gasteiger partial charge on any atom is 0.404 e. The van der Waals surface area contributed by atoms with E-state index < -0.39 is 16.9 Å². The number of hydrogen-bond donors (Lipinski definition) is 2. The van der Waals surface area contributed by atoms with Gasteiger partial charge in [-0.2, -0.15) is 5.26 Å². The second-order valence-corrected chi connectivity index (χ2v) is 14.0. The van der Waals surface area contributed by atoms with Gasteiger partial charge in [0.25, 0.3) is 0 Å². The number of rotatable bonds is 7. The molecule has 2 heterocycles. The lowest BCUT2D eigenvalue weighted by Gasteiger charge is -2.47. The van der Waals surface area contributed by atoms with Gasteiger partial charge in [0, 0.05) is 41.7 Å². The molecule has 7 nitrogen and oxygen atoms in total. The molecule has 8 heteroatoms. The van der Waals surface area contributed by atoms with E-state index >= 15 is 0 Å². The van der Waals surface area contributed by atoms with E-state index in [1.807, 2.05) is 47.8 Å². The summed E-state index contributed by atoms with van der Waals surface area (Å²) in [6.07, 6.45) is 8.54. The molecule has 0 aromatic heterocycles. The largest absolute Gasteiger partial charge is 0.465 e. The van der Waals surface area contributed by atoms with Gasteiger partial charge in [-0.25, -0.2) is 9.00 Å². The van der Waals surface area contributed by atoms with Crippen molar-refractivity contribution in [2.75, 3.05) is 38.1 Å². The Kier molecular flexibility index (Phi) is 11.3. The highest BCUT2D eigenvalue weighted by Gasteiger charge is 2.49. The molecule has 0 spiro atoms. The summed E-state index contributed by atoms with van der Waals surface area (Å²) in [5.74, 6) is 0.940. The van der Waals surface area contributed by atoms with Gasteiger partial charge >= 0.3 is 6.09 Å². The highest BCUT2D eigenvalue weighted by atomic mass is 32.2.